The first-order valence-electron chi connectivity index (χ1n) is 9.39. The topological polar surface area (TPSA) is 26.0 Å². The van der Waals surface area contributed by atoms with E-state index in [9.17, 15) is 0 Å². The molecule has 144 valence electrons. The van der Waals surface area contributed by atoms with Crippen molar-refractivity contribution in [1.29, 1.82) is 0 Å². The van der Waals surface area contributed by atoms with E-state index in [1.807, 2.05) is 44.9 Å². The molecule has 0 aliphatic heterocycles. The maximum Gasteiger partial charge on any atom is 2.00 e. The van der Waals surface area contributed by atoms with Gasteiger partial charge in [-0.3, -0.25) is 0 Å². The summed E-state index contributed by atoms with van der Waals surface area (Å²) in [7, 11) is 0. The molecule has 2 N–H and O–H groups in total. The summed E-state index contributed by atoms with van der Waals surface area (Å²) < 4.78 is 0. The second-order valence-electron chi connectivity index (χ2n) is 9.00. The smallest absolute Gasteiger partial charge is 0.323 e. The van der Waals surface area contributed by atoms with Crippen LogP contribution in [0.3, 0.4) is 0 Å². The molecule has 0 unspecified atom stereocenters. The summed E-state index contributed by atoms with van der Waals surface area (Å²) in [4.78, 5) is 0. The van der Waals surface area contributed by atoms with Crippen LogP contribution in [-0.2, 0) is 27.9 Å². The number of hydrogen-bond acceptors (Lipinski definition) is 1. The average Bonchev–Trinajstić information content (AvgIpc) is 3.27. The summed E-state index contributed by atoms with van der Waals surface area (Å²) in [5.41, 5.74) is 10.7. The number of rotatable bonds is 2. The van der Waals surface area contributed by atoms with E-state index < -0.39 is 0 Å². The van der Waals surface area contributed by atoms with Crippen molar-refractivity contribution in [3.8, 4) is 0 Å². The molecule has 3 rings (SSSR count). The van der Waals surface area contributed by atoms with Crippen molar-refractivity contribution >= 4 is 0 Å². The molecule has 0 spiro atoms. The summed E-state index contributed by atoms with van der Waals surface area (Å²) in [5, 5.41) is 0. The second-order valence-corrected chi connectivity index (χ2v) is 9.00. The molecule has 0 heterocycles. The van der Waals surface area contributed by atoms with Crippen LogP contribution in [0.5, 0.6) is 0 Å². The zero-order valence-electron chi connectivity index (χ0n) is 17.4. The molecule has 2 heteroatoms. The van der Waals surface area contributed by atoms with Gasteiger partial charge in [0.05, 0.1) is 0 Å². The summed E-state index contributed by atoms with van der Waals surface area (Å²) in [6.45, 7) is 13.5. The molecule has 2 aliphatic carbocycles. The van der Waals surface area contributed by atoms with E-state index >= 15 is 0 Å². The van der Waals surface area contributed by atoms with Crippen LogP contribution in [0, 0.1) is 63.7 Å². The Bertz CT molecular complexity index is 515. The summed E-state index contributed by atoms with van der Waals surface area (Å²) in [5.74, 6) is 1.18. The second kappa shape index (κ2) is 10.5. The zero-order valence-corrected chi connectivity index (χ0v) is 18.5. The summed E-state index contributed by atoms with van der Waals surface area (Å²) in [6.07, 6.45) is 18.3. The van der Waals surface area contributed by atoms with Crippen LogP contribution in [0.15, 0.2) is 18.2 Å². The molecular formula is C25H33FeN+2. The Balaban J connectivity index is 0.000000526. The molecular weight excluding hydrogens is 370 g/mol. The zero-order chi connectivity index (χ0) is 19.4. The van der Waals surface area contributed by atoms with Gasteiger partial charge in [0.15, 0.2) is 0 Å². The van der Waals surface area contributed by atoms with Crippen molar-refractivity contribution in [2.75, 3.05) is 0 Å². The Labute approximate surface area is 179 Å². The molecule has 1 aromatic carbocycles. The fraction of sp³-hybridized carbons (Fsp3) is 0.360. The third-order valence-corrected chi connectivity index (χ3v) is 4.65. The van der Waals surface area contributed by atoms with Gasteiger partial charge in [-0.05, 0) is 85.3 Å². The predicted octanol–water partition coefficient (Wildman–Crippen LogP) is 5.71. The van der Waals surface area contributed by atoms with E-state index in [1.165, 1.54) is 22.6 Å². The van der Waals surface area contributed by atoms with Crippen LogP contribution in [0.4, 0.5) is 0 Å². The molecule has 2 fully saturated rings. The molecule has 27 heavy (non-hydrogen) atoms. The molecule has 0 amide bonds. The quantitative estimate of drug-likeness (QED) is 0.630. The monoisotopic (exact) mass is 403 g/mol. The van der Waals surface area contributed by atoms with Crippen molar-refractivity contribution in [1.82, 2.24) is 0 Å². The van der Waals surface area contributed by atoms with Gasteiger partial charge in [0.25, 0.3) is 0 Å². The van der Waals surface area contributed by atoms with Crippen LogP contribution >= 0.6 is 0 Å². The van der Waals surface area contributed by atoms with Crippen molar-refractivity contribution in [3.05, 3.63) is 98.6 Å². The minimum Gasteiger partial charge on any atom is -0.323 e. The van der Waals surface area contributed by atoms with E-state index in [1.54, 1.807) is 0 Å². The molecule has 2 saturated carbocycles. The third-order valence-electron chi connectivity index (χ3n) is 4.65. The average molecular weight is 403 g/mol. The van der Waals surface area contributed by atoms with Crippen LogP contribution in [0.1, 0.15) is 64.3 Å². The Hall–Kier alpha value is -0.301. The molecule has 10 radical (unpaired) electrons. The Kier molecular flexibility index (Phi) is 9.59. The molecule has 2 aliphatic rings. The van der Waals surface area contributed by atoms with Crippen molar-refractivity contribution in [2.45, 2.75) is 58.4 Å². The Morgan fingerprint density at radius 2 is 1.00 bits per heavy atom. The molecule has 1 nitrogen and oxygen atoms in total. The van der Waals surface area contributed by atoms with Crippen LogP contribution in [-0.4, -0.2) is 0 Å². The summed E-state index contributed by atoms with van der Waals surface area (Å²) in [6, 6.07) is 6.82. The minimum atomic E-state index is -0.0524. The van der Waals surface area contributed by atoms with Crippen LogP contribution in [0.25, 0.3) is 0 Å². The van der Waals surface area contributed by atoms with E-state index in [-0.39, 0.29) is 33.9 Å². The number of benzene rings is 1. The first-order chi connectivity index (χ1) is 12.1. The fourth-order valence-corrected chi connectivity index (χ4v) is 2.81. The Morgan fingerprint density at radius 1 is 0.630 bits per heavy atom. The first-order valence-corrected chi connectivity index (χ1v) is 9.39. The van der Waals surface area contributed by atoms with E-state index in [0.29, 0.717) is 0 Å². The van der Waals surface area contributed by atoms with Crippen molar-refractivity contribution < 1.29 is 17.1 Å². The van der Waals surface area contributed by atoms with Gasteiger partial charge in [-0.25, -0.2) is 0 Å². The first kappa shape index (κ1) is 24.7. The maximum absolute atomic E-state index is 6.49. The predicted molar refractivity (Wildman–Crippen MR) is 113 cm³/mol. The molecule has 0 bridgehead atoms. The largest absolute Gasteiger partial charge is 2.00 e. The Morgan fingerprint density at radius 3 is 1.33 bits per heavy atom. The van der Waals surface area contributed by atoms with Gasteiger partial charge in [-0.1, -0.05) is 59.7 Å². The van der Waals surface area contributed by atoms with E-state index in [4.69, 9.17) is 5.73 Å². The molecule has 0 aromatic heterocycles. The standard InChI is InChI=1S/C20H28N.C5H5.Fe/c1-19(2,3)16-11-15(12-17(13-16)20(4,5)6)18(21)14-9-7-8-10-14;1-2-4-5-3-1;/h7-13,18H,21H2,1-6H3;1-5H;/q;;+2/t18-;;/m0../s1. The van der Waals surface area contributed by atoms with Gasteiger partial charge >= 0.3 is 17.1 Å². The van der Waals surface area contributed by atoms with Crippen LogP contribution in [0.2, 0.25) is 0 Å². The normalized spacial score (nSPS) is 19.2. The van der Waals surface area contributed by atoms with Crippen molar-refractivity contribution in [3.63, 3.8) is 0 Å². The van der Waals surface area contributed by atoms with Crippen molar-refractivity contribution in [2.24, 2.45) is 5.73 Å². The van der Waals surface area contributed by atoms with Gasteiger partial charge in [0.2, 0.25) is 0 Å². The van der Waals surface area contributed by atoms with Gasteiger partial charge in [-0.15, -0.1) is 0 Å². The molecule has 0 saturated heterocycles. The number of nitrogens with two attached hydrogens (primary N) is 1. The van der Waals surface area contributed by atoms with Gasteiger partial charge < -0.3 is 5.73 Å². The van der Waals surface area contributed by atoms with Crippen LogP contribution < -0.4 is 5.73 Å². The maximum atomic E-state index is 6.49. The van der Waals surface area contributed by atoms with E-state index in [2.05, 4.69) is 72.6 Å². The summed E-state index contributed by atoms with van der Waals surface area (Å²) >= 11 is 0. The van der Waals surface area contributed by atoms with Gasteiger partial charge in [-0.2, -0.15) is 0 Å². The SMILES string of the molecule is CC(C)(C)c1cc([C@@H](N)[C]2[CH][CH][CH][CH]2)cc(C(C)(C)C)c1.[CH]1[CH][CH][CH][CH]1.[Fe+2]. The molecule has 1 atom stereocenters. The van der Waals surface area contributed by atoms with Gasteiger partial charge in [0.1, 0.15) is 0 Å². The van der Waals surface area contributed by atoms with E-state index in [0.717, 1.165) is 0 Å². The van der Waals surface area contributed by atoms with Gasteiger partial charge in [0, 0.05) is 12.0 Å². The molecule has 1 aromatic rings. The third kappa shape index (κ3) is 7.56. The minimum absolute atomic E-state index is 0. The number of hydrogen-bond donors (Lipinski definition) is 1. The fourth-order valence-electron chi connectivity index (χ4n) is 2.81.